The molecule has 0 bridgehead atoms. The van der Waals surface area contributed by atoms with Gasteiger partial charge in [0.05, 0.1) is 11.7 Å². The molecule has 18 heavy (non-hydrogen) atoms. The molecule has 3 N–H and O–H groups in total. The summed E-state index contributed by atoms with van der Waals surface area (Å²) < 4.78 is 13.9. The first-order chi connectivity index (χ1) is 8.49. The minimum absolute atomic E-state index is 0.129. The molecule has 0 aliphatic rings. The van der Waals surface area contributed by atoms with Crippen LogP contribution in [0, 0.1) is 5.82 Å². The second kappa shape index (κ2) is 4.99. The fourth-order valence-corrected chi connectivity index (χ4v) is 2.17. The summed E-state index contributed by atoms with van der Waals surface area (Å²) in [5.41, 5.74) is 6.74. The lowest BCUT2D eigenvalue weighted by atomic mass is 10.0. The van der Waals surface area contributed by atoms with Crippen LogP contribution in [-0.4, -0.2) is 22.1 Å². The van der Waals surface area contributed by atoms with Crippen LogP contribution in [-0.2, 0) is 11.2 Å². The van der Waals surface area contributed by atoms with Gasteiger partial charge < -0.3 is 10.8 Å². The SMILES string of the molecule is N[C@@H](Cc1ccc(Br)c2ncc(F)cc12)C(=O)O. The van der Waals surface area contributed by atoms with E-state index in [1.54, 1.807) is 12.1 Å². The summed E-state index contributed by atoms with van der Waals surface area (Å²) in [5, 5.41) is 9.37. The fourth-order valence-electron chi connectivity index (χ4n) is 1.72. The second-order valence-electron chi connectivity index (χ2n) is 3.91. The molecule has 1 aromatic carbocycles. The molecule has 94 valence electrons. The number of carboxylic acids is 1. The topological polar surface area (TPSA) is 76.2 Å². The Morgan fingerprint density at radius 2 is 2.28 bits per heavy atom. The first kappa shape index (κ1) is 12.9. The zero-order valence-corrected chi connectivity index (χ0v) is 10.8. The summed E-state index contributed by atoms with van der Waals surface area (Å²) in [6.45, 7) is 0. The van der Waals surface area contributed by atoms with E-state index in [1.165, 1.54) is 6.07 Å². The smallest absolute Gasteiger partial charge is 0.320 e. The van der Waals surface area contributed by atoms with E-state index >= 15 is 0 Å². The van der Waals surface area contributed by atoms with Crippen molar-refractivity contribution in [3.63, 3.8) is 0 Å². The summed E-state index contributed by atoms with van der Waals surface area (Å²) in [6.07, 6.45) is 1.25. The largest absolute Gasteiger partial charge is 0.480 e. The van der Waals surface area contributed by atoms with Crippen molar-refractivity contribution in [3.05, 3.63) is 40.2 Å². The van der Waals surface area contributed by atoms with Crippen LogP contribution >= 0.6 is 15.9 Å². The monoisotopic (exact) mass is 312 g/mol. The number of carboxylic acid groups (broad SMARTS) is 1. The van der Waals surface area contributed by atoms with Gasteiger partial charge in [0.15, 0.2) is 0 Å². The third-order valence-electron chi connectivity index (χ3n) is 2.61. The van der Waals surface area contributed by atoms with Gasteiger partial charge in [-0.15, -0.1) is 0 Å². The van der Waals surface area contributed by atoms with E-state index in [1.807, 2.05) is 0 Å². The standard InChI is InChI=1S/C12H10BrFN2O2/c13-9-2-1-6(3-10(15)12(17)18)8-4-7(14)5-16-11(8)9/h1-2,4-5,10H,3,15H2,(H,17,18)/t10-/m0/s1. The maximum Gasteiger partial charge on any atom is 0.320 e. The minimum Gasteiger partial charge on any atom is -0.480 e. The van der Waals surface area contributed by atoms with Gasteiger partial charge in [0.25, 0.3) is 0 Å². The summed E-state index contributed by atoms with van der Waals surface area (Å²) >= 11 is 3.32. The number of halogens is 2. The Morgan fingerprint density at radius 1 is 1.56 bits per heavy atom. The summed E-state index contributed by atoms with van der Waals surface area (Å²) in [4.78, 5) is 14.7. The van der Waals surface area contributed by atoms with Crippen molar-refractivity contribution in [2.24, 2.45) is 5.73 Å². The quantitative estimate of drug-likeness (QED) is 0.910. The van der Waals surface area contributed by atoms with Crippen LogP contribution in [0.25, 0.3) is 10.9 Å². The van der Waals surface area contributed by atoms with Crippen molar-refractivity contribution < 1.29 is 14.3 Å². The maximum absolute atomic E-state index is 13.2. The normalized spacial score (nSPS) is 12.6. The zero-order valence-electron chi connectivity index (χ0n) is 9.23. The predicted molar refractivity (Wildman–Crippen MR) is 68.7 cm³/mol. The highest BCUT2D eigenvalue weighted by Crippen LogP contribution is 2.26. The molecule has 1 aromatic heterocycles. The number of pyridine rings is 1. The first-order valence-corrected chi connectivity index (χ1v) is 5.99. The first-order valence-electron chi connectivity index (χ1n) is 5.20. The van der Waals surface area contributed by atoms with Crippen molar-refractivity contribution in [1.82, 2.24) is 4.98 Å². The molecule has 0 aliphatic heterocycles. The third kappa shape index (κ3) is 2.49. The maximum atomic E-state index is 13.2. The van der Waals surface area contributed by atoms with E-state index in [9.17, 15) is 9.18 Å². The number of nitrogens with two attached hydrogens (primary N) is 1. The number of aliphatic carboxylic acids is 1. The highest BCUT2D eigenvalue weighted by Gasteiger charge is 2.15. The van der Waals surface area contributed by atoms with E-state index in [2.05, 4.69) is 20.9 Å². The van der Waals surface area contributed by atoms with Gasteiger partial charge in [0, 0.05) is 9.86 Å². The number of rotatable bonds is 3. The highest BCUT2D eigenvalue weighted by molar-refractivity contribution is 9.10. The number of nitrogens with zero attached hydrogens (tertiary/aromatic N) is 1. The summed E-state index contributed by atoms with van der Waals surface area (Å²) in [7, 11) is 0. The van der Waals surface area contributed by atoms with Crippen LogP contribution in [0.4, 0.5) is 4.39 Å². The molecule has 0 unspecified atom stereocenters. The Morgan fingerprint density at radius 3 is 2.94 bits per heavy atom. The van der Waals surface area contributed by atoms with Gasteiger partial charge in [-0.2, -0.15) is 0 Å². The van der Waals surface area contributed by atoms with Crippen molar-refractivity contribution in [1.29, 1.82) is 0 Å². The Bertz CT molecular complexity index is 618. The molecule has 0 saturated heterocycles. The van der Waals surface area contributed by atoms with Gasteiger partial charge in [0.2, 0.25) is 0 Å². The average Bonchev–Trinajstić information content (AvgIpc) is 2.32. The average molecular weight is 313 g/mol. The molecule has 4 nitrogen and oxygen atoms in total. The minimum atomic E-state index is -1.09. The number of aromatic nitrogens is 1. The molecule has 0 saturated carbocycles. The molecule has 0 amide bonds. The molecular formula is C12H10BrFN2O2. The summed E-state index contributed by atoms with van der Waals surface area (Å²) in [6, 6.07) is 3.78. The number of hydrogen-bond acceptors (Lipinski definition) is 3. The number of carbonyl (C=O) groups is 1. The van der Waals surface area contributed by atoms with Crippen LogP contribution in [0.15, 0.2) is 28.9 Å². The van der Waals surface area contributed by atoms with E-state index in [0.717, 1.165) is 10.7 Å². The molecule has 0 radical (unpaired) electrons. The third-order valence-corrected chi connectivity index (χ3v) is 3.25. The lowest BCUT2D eigenvalue weighted by Crippen LogP contribution is -2.32. The van der Waals surface area contributed by atoms with Gasteiger partial charge >= 0.3 is 5.97 Å². The number of benzene rings is 1. The Hall–Kier alpha value is -1.53. The van der Waals surface area contributed by atoms with E-state index in [4.69, 9.17) is 10.8 Å². The molecular weight excluding hydrogens is 303 g/mol. The van der Waals surface area contributed by atoms with Crippen LogP contribution in [0.3, 0.4) is 0 Å². The molecule has 1 atom stereocenters. The van der Waals surface area contributed by atoms with Gasteiger partial charge in [-0.05, 0) is 40.0 Å². The molecule has 6 heteroatoms. The molecule has 1 heterocycles. The molecule has 0 fully saturated rings. The van der Waals surface area contributed by atoms with Crippen molar-refractivity contribution in [3.8, 4) is 0 Å². The molecule has 0 aliphatic carbocycles. The van der Waals surface area contributed by atoms with E-state index < -0.39 is 17.8 Å². The van der Waals surface area contributed by atoms with E-state index in [-0.39, 0.29) is 6.42 Å². The van der Waals surface area contributed by atoms with Gasteiger partial charge in [-0.25, -0.2) is 4.39 Å². The van der Waals surface area contributed by atoms with E-state index in [0.29, 0.717) is 16.5 Å². The number of hydrogen-bond donors (Lipinski definition) is 2. The van der Waals surface area contributed by atoms with Crippen molar-refractivity contribution in [2.45, 2.75) is 12.5 Å². The Kier molecular flexibility index (Phi) is 3.58. The van der Waals surface area contributed by atoms with Gasteiger partial charge in [-0.3, -0.25) is 9.78 Å². The predicted octanol–water partition coefficient (Wildman–Crippen LogP) is 2.09. The summed E-state index contributed by atoms with van der Waals surface area (Å²) in [5.74, 6) is -1.55. The molecule has 2 rings (SSSR count). The lowest BCUT2D eigenvalue weighted by Gasteiger charge is -2.10. The van der Waals surface area contributed by atoms with Crippen molar-refractivity contribution >= 4 is 32.8 Å². The molecule has 0 spiro atoms. The number of fused-ring (bicyclic) bond motifs is 1. The lowest BCUT2D eigenvalue weighted by molar-refractivity contribution is -0.138. The molecule has 2 aromatic rings. The van der Waals surface area contributed by atoms with Crippen LogP contribution in [0.5, 0.6) is 0 Å². The zero-order chi connectivity index (χ0) is 13.3. The highest BCUT2D eigenvalue weighted by atomic mass is 79.9. The van der Waals surface area contributed by atoms with Crippen LogP contribution < -0.4 is 5.73 Å². The Balaban J connectivity index is 2.54. The van der Waals surface area contributed by atoms with Crippen LogP contribution in [0.2, 0.25) is 0 Å². The Labute approximate surface area is 111 Å². The van der Waals surface area contributed by atoms with Crippen molar-refractivity contribution in [2.75, 3.05) is 0 Å². The van der Waals surface area contributed by atoms with Crippen LogP contribution in [0.1, 0.15) is 5.56 Å². The fraction of sp³-hybridized carbons (Fsp3) is 0.167. The second-order valence-corrected chi connectivity index (χ2v) is 4.76. The van der Waals surface area contributed by atoms with Gasteiger partial charge in [0.1, 0.15) is 11.9 Å². The van der Waals surface area contributed by atoms with Gasteiger partial charge in [-0.1, -0.05) is 6.07 Å².